The van der Waals surface area contributed by atoms with Gasteiger partial charge >= 0.3 is 0 Å². The number of fused-ring (bicyclic) bond motifs is 1. The number of imidazole rings is 1. The van der Waals surface area contributed by atoms with Gasteiger partial charge in [-0.05, 0) is 48.1 Å². The molecule has 4 aromatic carbocycles. The quantitative estimate of drug-likeness (QED) is 0.115. The molecule has 0 saturated carbocycles. The zero-order valence-corrected chi connectivity index (χ0v) is 22.3. The Bertz CT molecular complexity index is 1480. The first-order chi connectivity index (χ1) is 19.7. The predicted octanol–water partition coefficient (Wildman–Crippen LogP) is 6.73. The number of carbonyl (C=O) groups is 2. The maximum atomic E-state index is 12.6. The smallest absolute Gasteiger partial charge is 0.261 e. The third-order valence-corrected chi connectivity index (χ3v) is 7.79. The predicted molar refractivity (Wildman–Crippen MR) is 156 cm³/mol. The Hall–Kier alpha value is -4.77. The SMILES string of the molecule is O=C1c2ccccc2C(=O)N1CCCCCc1cn(C(c2ccccc2)(c2ccccc2)c2ccccc2)cn1. The lowest BCUT2D eigenvalue weighted by Gasteiger charge is -2.37. The highest BCUT2D eigenvalue weighted by atomic mass is 16.2. The zero-order valence-electron chi connectivity index (χ0n) is 22.3. The molecule has 2 heterocycles. The van der Waals surface area contributed by atoms with Crippen molar-refractivity contribution >= 4 is 11.8 Å². The lowest BCUT2D eigenvalue weighted by molar-refractivity contribution is 0.0651. The van der Waals surface area contributed by atoms with E-state index in [1.54, 1.807) is 24.3 Å². The molecule has 0 unspecified atom stereocenters. The lowest BCUT2D eigenvalue weighted by Crippen LogP contribution is -2.36. The minimum absolute atomic E-state index is 0.182. The van der Waals surface area contributed by atoms with Crippen LogP contribution < -0.4 is 0 Å². The summed E-state index contributed by atoms with van der Waals surface area (Å²) < 4.78 is 2.24. The summed E-state index contributed by atoms with van der Waals surface area (Å²) in [6.07, 6.45) is 7.53. The van der Waals surface area contributed by atoms with Crippen LogP contribution in [-0.4, -0.2) is 32.8 Å². The normalized spacial score (nSPS) is 13.1. The fraction of sp³-hybridized carbons (Fsp3) is 0.171. The van der Waals surface area contributed by atoms with E-state index in [-0.39, 0.29) is 11.8 Å². The second-order valence-electron chi connectivity index (χ2n) is 10.2. The van der Waals surface area contributed by atoms with E-state index >= 15 is 0 Å². The molecule has 40 heavy (non-hydrogen) atoms. The average Bonchev–Trinajstić information content (AvgIpc) is 3.58. The molecule has 1 aromatic heterocycles. The number of unbranched alkanes of at least 4 members (excludes halogenated alkanes) is 2. The summed E-state index contributed by atoms with van der Waals surface area (Å²) in [6, 6.07) is 38.8. The Morgan fingerprint density at radius 1 is 0.575 bits per heavy atom. The molecule has 198 valence electrons. The summed E-state index contributed by atoms with van der Waals surface area (Å²) >= 11 is 0. The topological polar surface area (TPSA) is 55.2 Å². The van der Waals surface area contributed by atoms with Crippen LogP contribution >= 0.6 is 0 Å². The molecular formula is C35H31N3O2. The molecule has 0 N–H and O–H groups in total. The number of imide groups is 1. The lowest BCUT2D eigenvalue weighted by atomic mass is 9.77. The first-order valence-corrected chi connectivity index (χ1v) is 13.8. The maximum absolute atomic E-state index is 12.6. The van der Waals surface area contributed by atoms with Crippen LogP contribution in [0.15, 0.2) is 128 Å². The van der Waals surface area contributed by atoms with Gasteiger partial charge < -0.3 is 4.57 Å². The fourth-order valence-corrected chi connectivity index (χ4v) is 5.86. The number of amides is 2. The molecule has 0 aliphatic carbocycles. The van der Waals surface area contributed by atoms with Gasteiger partial charge in [0.25, 0.3) is 11.8 Å². The average molecular weight is 526 g/mol. The van der Waals surface area contributed by atoms with Gasteiger partial charge in [0, 0.05) is 12.7 Å². The van der Waals surface area contributed by atoms with Gasteiger partial charge in [-0.2, -0.15) is 0 Å². The number of hydrogen-bond acceptors (Lipinski definition) is 3. The number of carbonyl (C=O) groups excluding carboxylic acids is 2. The van der Waals surface area contributed by atoms with Crippen molar-refractivity contribution in [2.75, 3.05) is 6.54 Å². The van der Waals surface area contributed by atoms with Crippen molar-refractivity contribution in [1.82, 2.24) is 14.5 Å². The molecule has 0 radical (unpaired) electrons. The minimum Gasteiger partial charge on any atom is -0.319 e. The summed E-state index contributed by atoms with van der Waals surface area (Å²) in [5.41, 5.74) is 4.97. The number of hydrogen-bond donors (Lipinski definition) is 0. The summed E-state index contributed by atoms with van der Waals surface area (Å²) in [4.78, 5) is 31.5. The van der Waals surface area contributed by atoms with Crippen LogP contribution in [0.1, 0.15) is 62.4 Å². The van der Waals surface area contributed by atoms with Crippen LogP contribution in [0.3, 0.4) is 0 Å². The van der Waals surface area contributed by atoms with Gasteiger partial charge in [0.05, 0.1) is 23.1 Å². The number of aryl methyl sites for hydroxylation is 1. The van der Waals surface area contributed by atoms with Crippen LogP contribution in [0, 0.1) is 0 Å². The van der Waals surface area contributed by atoms with E-state index < -0.39 is 5.54 Å². The molecule has 1 aliphatic heterocycles. The molecule has 0 spiro atoms. The van der Waals surface area contributed by atoms with E-state index in [1.807, 2.05) is 24.5 Å². The molecule has 0 fully saturated rings. The number of rotatable bonds is 10. The van der Waals surface area contributed by atoms with E-state index in [0.29, 0.717) is 17.7 Å². The summed E-state index contributed by atoms with van der Waals surface area (Å²) in [7, 11) is 0. The van der Waals surface area contributed by atoms with Crippen molar-refractivity contribution < 1.29 is 9.59 Å². The van der Waals surface area contributed by atoms with E-state index in [0.717, 1.165) is 48.1 Å². The number of aromatic nitrogens is 2. The Morgan fingerprint density at radius 3 is 1.55 bits per heavy atom. The Balaban J connectivity index is 1.20. The van der Waals surface area contributed by atoms with Crippen LogP contribution in [0.25, 0.3) is 0 Å². The molecule has 2 amide bonds. The van der Waals surface area contributed by atoms with Crippen molar-refractivity contribution in [2.45, 2.75) is 31.2 Å². The Labute approximate surface area is 234 Å². The molecule has 1 aliphatic rings. The molecule has 0 atom stereocenters. The summed E-state index contributed by atoms with van der Waals surface area (Å²) in [5, 5.41) is 0. The molecule has 0 saturated heterocycles. The van der Waals surface area contributed by atoms with Crippen molar-refractivity contribution in [1.29, 1.82) is 0 Å². The van der Waals surface area contributed by atoms with Gasteiger partial charge in [-0.1, -0.05) is 110 Å². The standard InChI is InChI=1S/C35H31N3O2/c39-33-31-22-12-13-23-32(31)34(40)38(33)24-14-4-11-21-30-25-37(26-36-30)35(27-15-5-1-6-16-27,28-17-7-2-8-18-28)29-19-9-3-10-20-29/h1-3,5-10,12-13,15-20,22-23,25-26H,4,11,14,21,24H2. The second-order valence-corrected chi connectivity index (χ2v) is 10.2. The molecule has 0 bridgehead atoms. The van der Waals surface area contributed by atoms with E-state index in [2.05, 4.69) is 83.6 Å². The Morgan fingerprint density at radius 2 is 1.05 bits per heavy atom. The summed E-state index contributed by atoms with van der Waals surface area (Å²) in [5.74, 6) is -0.364. The molecule has 6 rings (SSSR count). The van der Waals surface area contributed by atoms with Crippen LogP contribution in [-0.2, 0) is 12.0 Å². The van der Waals surface area contributed by atoms with E-state index in [1.165, 1.54) is 4.90 Å². The second kappa shape index (κ2) is 11.1. The van der Waals surface area contributed by atoms with Gasteiger partial charge in [0.15, 0.2) is 0 Å². The van der Waals surface area contributed by atoms with Gasteiger partial charge in [0.2, 0.25) is 0 Å². The van der Waals surface area contributed by atoms with Gasteiger partial charge in [-0.15, -0.1) is 0 Å². The van der Waals surface area contributed by atoms with E-state index in [4.69, 9.17) is 4.98 Å². The third-order valence-electron chi connectivity index (χ3n) is 7.79. The first kappa shape index (κ1) is 25.5. The molecule has 5 heteroatoms. The van der Waals surface area contributed by atoms with Gasteiger partial charge in [-0.3, -0.25) is 14.5 Å². The van der Waals surface area contributed by atoms with Gasteiger partial charge in [0.1, 0.15) is 5.54 Å². The minimum atomic E-state index is -0.569. The number of nitrogens with zero attached hydrogens (tertiary/aromatic N) is 3. The monoisotopic (exact) mass is 525 g/mol. The maximum Gasteiger partial charge on any atom is 0.261 e. The third kappa shape index (κ3) is 4.54. The van der Waals surface area contributed by atoms with Gasteiger partial charge in [-0.25, -0.2) is 4.98 Å². The highest BCUT2D eigenvalue weighted by Gasteiger charge is 2.38. The molecular weight excluding hydrogens is 494 g/mol. The van der Waals surface area contributed by atoms with Crippen LogP contribution in [0.2, 0.25) is 0 Å². The highest BCUT2D eigenvalue weighted by Crippen LogP contribution is 2.40. The van der Waals surface area contributed by atoms with Crippen molar-refractivity contribution in [3.63, 3.8) is 0 Å². The number of benzene rings is 4. The van der Waals surface area contributed by atoms with Crippen LogP contribution in [0.5, 0.6) is 0 Å². The van der Waals surface area contributed by atoms with Crippen LogP contribution in [0.4, 0.5) is 0 Å². The van der Waals surface area contributed by atoms with E-state index in [9.17, 15) is 9.59 Å². The summed E-state index contributed by atoms with van der Waals surface area (Å²) in [6.45, 7) is 0.444. The highest BCUT2D eigenvalue weighted by molar-refractivity contribution is 6.21. The largest absolute Gasteiger partial charge is 0.319 e. The van der Waals surface area contributed by atoms with Crippen molar-refractivity contribution in [2.24, 2.45) is 0 Å². The molecule has 5 aromatic rings. The first-order valence-electron chi connectivity index (χ1n) is 13.8. The van der Waals surface area contributed by atoms with Crippen molar-refractivity contribution in [3.05, 3.63) is 161 Å². The Kier molecular flexibility index (Phi) is 7.11. The fourth-order valence-electron chi connectivity index (χ4n) is 5.86. The van der Waals surface area contributed by atoms with Crippen molar-refractivity contribution in [3.8, 4) is 0 Å². The zero-order chi connectivity index (χ0) is 27.4. The molecule has 5 nitrogen and oxygen atoms in total.